The number of amides is 3. The molecule has 0 unspecified atom stereocenters. The predicted molar refractivity (Wildman–Crippen MR) is 149 cm³/mol. The van der Waals surface area contributed by atoms with Crippen LogP contribution in [0.3, 0.4) is 0 Å². The molecule has 192 valence electrons. The normalized spacial score (nSPS) is 14.7. The van der Waals surface area contributed by atoms with E-state index in [1.807, 2.05) is 6.07 Å². The fraction of sp³-hybridized carbons (Fsp3) is 0.333. The van der Waals surface area contributed by atoms with E-state index in [0.29, 0.717) is 26.9 Å². The summed E-state index contributed by atoms with van der Waals surface area (Å²) in [5.41, 5.74) is 1.10. The molecule has 1 saturated carbocycles. The number of aromatic nitrogens is 3. The highest BCUT2D eigenvalue weighted by molar-refractivity contribution is 7.17. The number of methoxy groups -OCH3 is 1. The first-order valence-electron chi connectivity index (χ1n) is 12.2. The van der Waals surface area contributed by atoms with Crippen LogP contribution in [0.4, 0.5) is 17.2 Å². The summed E-state index contributed by atoms with van der Waals surface area (Å²) in [7, 11) is 18.1. The van der Waals surface area contributed by atoms with Gasteiger partial charge < -0.3 is 25.6 Å². The van der Waals surface area contributed by atoms with Crippen LogP contribution in [0.1, 0.15) is 39.4 Å². The zero-order valence-electron chi connectivity index (χ0n) is 21.1. The molecule has 2 fully saturated rings. The summed E-state index contributed by atoms with van der Waals surface area (Å²) in [4.78, 5) is 44.5. The van der Waals surface area contributed by atoms with Gasteiger partial charge in [0.05, 0.1) is 53.8 Å². The summed E-state index contributed by atoms with van der Waals surface area (Å²) in [6, 6.07) is 6.78. The van der Waals surface area contributed by atoms with Gasteiger partial charge in [-0.3, -0.25) is 14.4 Å². The SMILES string of the molecule is [B]C([B])([B])NC(=O)c1nnc(NC(=O)C2CC2)cc1Nc1cccc(-c2ncc(C(=O)N3CCC3)s2)c1OC. The van der Waals surface area contributed by atoms with Gasteiger partial charge in [0.15, 0.2) is 17.3 Å². The van der Waals surface area contributed by atoms with Crippen LogP contribution in [-0.4, -0.2) is 86.8 Å². The van der Waals surface area contributed by atoms with E-state index in [0.717, 1.165) is 32.4 Å². The van der Waals surface area contributed by atoms with E-state index < -0.39 is 11.1 Å². The highest BCUT2D eigenvalue weighted by atomic mass is 32.1. The quantitative estimate of drug-likeness (QED) is 0.349. The number of likely N-dealkylation sites (tertiary alicyclic amines) is 1. The highest BCUT2D eigenvalue weighted by Gasteiger charge is 2.30. The average Bonchev–Trinajstić information content (AvgIpc) is 3.58. The molecule has 3 aromatic rings. The Labute approximate surface area is 232 Å². The number of hydrogen-bond acceptors (Lipinski definition) is 9. The van der Waals surface area contributed by atoms with Gasteiger partial charge in [-0.25, -0.2) is 4.98 Å². The zero-order valence-corrected chi connectivity index (χ0v) is 21.9. The maximum Gasteiger partial charge on any atom is 0.272 e. The molecule has 11 nitrogen and oxygen atoms in total. The topological polar surface area (TPSA) is 138 Å². The largest absolute Gasteiger partial charge is 0.494 e. The van der Waals surface area contributed by atoms with Crippen LogP contribution < -0.4 is 20.7 Å². The van der Waals surface area contributed by atoms with Crippen LogP contribution in [0.15, 0.2) is 30.5 Å². The molecule has 3 heterocycles. The minimum atomic E-state index is -2.00. The van der Waals surface area contributed by atoms with Crippen molar-refractivity contribution in [3.05, 3.63) is 41.0 Å². The van der Waals surface area contributed by atoms with Crippen LogP contribution in [0.25, 0.3) is 10.6 Å². The maximum absolute atomic E-state index is 12.9. The molecule has 3 amide bonds. The minimum absolute atomic E-state index is 0.0479. The van der Waals surface area contributed by atoms with E-state index in [-0.39, 0.29) is 34.9 Å². The number of benzene rings is 1. The third-order valence-electron chi connectivity index (χ3n) is 6.12. The Morgan fingerprint density at radius 1 is 1.13 bits per heavy atom. The molecule has 2 aromatic heterocycles. The lowest BCUT2D eigenvalue weighted by molar-refractivity contribution is -0.117. The molecule has 0 atom stereocenters. The van der Waals surface area contributed by atoms with Crippen LogP contribution >= 0.6 is 11.3 Å². The lowest BCUT2D eigenvalue weighted by Crippen LogP contribution is -2.50. The van der Waals surface area contributed by atoms with Crippen molar-refractivity contribution in [2.75, 3.05) is 30.8 Å². The van der Waals surface area contributed by atoms with E-state index in [2.05, 4.69) is 31.1 Å². The molecule has 6 radical (unpaired) electrons. The van der Waals surface area contributed by atoms with Crippen molar-refractivity contribution in [3.8, 4) is 16.3 Å². The Balaban J connectivity index is 1.47. The molecule has 1 aliphatic carbocycles. The number of ether oxygens (including phenoxy) is 1. The fourth-order valence-corrected chi connectivity index (χ4v) is 4.79. The van der Waals surface area contributed by atoms with E-state index in [4.69, 9.17) is 28.3 Å². The minimum Gasteiger partial charge on any atom is -0.494 e. The number of carbonyl (C=O) groups is 3. The van der Waals surface area contributed by atoms with Gasteiger partial charge in [0, 0.05) is 25.1 Å². The molecule has 1 saturated heterocycles. The predicted octanol–water partition coefficient (Wildman–Crippen LogP) is 1.39. The van der Waals surface area contributed by atoms with E-state index in [1.165, 1.54) is 24.5 Å². The molecule has 1 aromatic carbocycles. The third-order valence-corrected chi connectivity index (χ3v) is 7.14. The summed E-state index contributed by atoms with van der Waals surface area (Å²) < 4.78 is 5.71. The zero-order chi connectivity index (χ0) is 27.7. The standard InChI is InChI=1S/C24H22B3N7O4S/c1-38-19-13(22-28-11-16(39-22)23(37)34-8-3-9-34)4-2-5-14(19)29-15-10-17(30-20(35)12-6-7-12)32-33-18(15)21(36)31-24(25,26)27/h2,4-5,10-12H,3,6-9H2,1H3,(H,31,36)(H2,29,30,32,35). The van der Waals surface area contributed by atoms with Crippen molar-refractivity contribution in [3.63, 3.8) is 0 Å². The van der Waals surface area contributed by atoms with E-state index >= 15 is 0 Å². The highest BCUT2D eigenvalue weighted by Crippen LogP contribution is 2.40. The van der Waals surface area contributed by atoms with Crippen LogP contribution in [0.5, 0.6) is 5.75 Å². The lowest BCUT2D eigenvalue weighted by Gasteiger charge is -2.30. The van der Waals surface area contributed by atoms with E-state index in [9.17, 15) is 14.4 Å². The van der Waals surface area contributed by atoms with Gasteiger partial charge >= 0.3 is 0 Å². The summed E-state index contributed by atoms with van der Waals surface area (Å²) in [6.45, 7) is 1.49. The molecule has 0 bridgehead atoms. The van der Waals surface area contributed by atoms with Gasteiger partial charge in [-0.15, -0.1) is 21.5 Å². The lowest BCUT2D eigenvalue weighted by atomic mass is 9.49. The molecule has 1 aliphatic heterocycles. The average molecular weight is 537 g/mol. The Kier molecular flexibility index (Phi) is 7.35. The second-order valence-electron chi connectivity index (χ2n) is 9.33. The van der Waals surface area contributed by atoms with Gasteiger partial charge in [0.25, 0.3) is 11.8 Å². The van der Waals surface area contributed by atoms with Crippen molar-refractivity contribution in [2.45, 2.75) is 24.5 Å². The molecule has 5 rings (SSSR count). The fourth-order valence-electron chi connectivity index (χ4n) is 3.89. The second-order valence-corrected chi connectivity index (χ2v) is 10.4. The Bertz CT molecular complexity index is 1440. The van der Waals surface area contributed by atoms with Crippen molar-refractivity contribution < 1.29 is 19.1 Å². The number of para-hydroxylation sites is 1. The molecule has 2 aliphatic rings. The van der Waals surface area contributed by atoms with Gasteiger partial charge in [0.1, 0.15) is 9.88 Å². The summed E-state index contributed by atoms with van der Waals surface area (Å²) in [5.74, 6) is -0.521. The number of carbonyl (C=O) groups excluding carboxylic acids is 3. The maximum atomic E-state index is 12.9. The Morgan fingerprint density at radius 3 is 2.54 bits per heavy atom. The second kappa shape index (κ2) is 10.7. The molecule has 15 heteroatoms. The van der Waals surface area contributed by atoms with Crippen LogP contribution in [0, 0.1) is 5.92 Å². The van der Waals surface area contributed by atoms with Gasteiger partial charge in [-0.2, -0.15) is 0 Å². The van der Waals surface area contributed by atoms with Crippen LogP contribution in [-0.2, 0) is 4.79 Å². The van der Waals surface area contributed by atoms with Crippen molar-refractivity contribution in [2.24, 2.45) is 5.92 Å². The molecule has 39 heavy (non-hydrogen) atoms. The van der Waals surface area contributed by atoms with Crippen molar-refractivity contribution in [1.82, 2.24) is 25.4 Å². The first-order chi connectivity index (χ1) is 18.6. The molecular formula is C24H22B3N7O4S. The summed E-state index contributed by atoms with van der Waals surface area (Å²) in [5, 5.41) is 14.6. The molecule has 0 spiro atoms. The van der Waals surface area contributed by atoms with E-state index in [1.54, 1.807) is 23.2 Å². The number of thiazole rings is 1. The summed E-state index contributed by atoms with van der Waals surface area (Å²) >= 11 is 1.26. The van der Waals surface area contributed by atoms with Crippen LogP contribution in [0.2, 0.25) is 0 Å². The Morgan fingerprint density at radius 2 is 1.90 bits per heavy atom. The third kappa shape index (κ3) is 6.08. The smallest absolute Gasteiger partial charge is 0.272 e. The number of nitrogens with one attached hydrogen (secondary N) is 3. The number of nitrogens with zero attached hydrogens (tertiary/aromatic N) is 4. The number of hydrogen-bond donors (Lipinski definition) is 3. The van der Waals surface area contributed by atoms with Crippen molar-refractivity contribution >= 4 is 69.8 Å². The molecular weight excluding hydrogens is 515 g/mol. The first kappa shape index (κ1) is 26.7. The summed E-state index contributed by atoms with van der Waals surface area (Å²) in [6.07, 6.45) is 4.17. The van der Waals surface area contributed by atoms with Gasteiger partial charge in [-0.05, 0) is 31.4 Å². The molecule has 3 N–H and O–H groups in total. The number of rotatable bonds is 9. The van der Waals surface area contributed by atoms with Gasteiger partial charge in [0.2, 0.25) is 5.91 Å². The van der Waals surface area contributed by atoms with Gasteiger partial charge in [-0.1, -0.05) is 11.3 Å². The first-order valence-corrected chi connectivity index (χ1v) is 13.0. The Hall–Kier alpha value is -3.87. The van der Waals surface area contributed by atoms with Crippen molar-refractivity contribution in [1.29, 1.82) is 0 Å². The number of anilines is 3. The monoisotopic (exact) mass is 537 g/mol.